The van der Waals surface area contributed by atoms with Crippen LogP contribution in [-0.2, 0) is 0 Å². The van der Waals surface area contributed by atoms with Crippen molar-refractivity contribution in [3.63, 3.8) is 0 Å². The van der Waals surface area contributed by atoms with E-state index in [1.807, 2.05) is 26.0 Å². The van der Waals surface area contributed by atoms with E-state index in [0.29, 0.717) is 66.6 Å². The summed E-state index contributed by atoms with van der Waals surface area (Å²) < 4.78 is 0. The Hall–Kier alpha value is -6.87. The second kappa shape index (κ2) is 23.4. The van der Waals surface area contributed by atoms with Gasteiger partial charge in [-0.2, -0.15) is 5.26 Å². The molecule has 4 aromatic carbocycles. The number of nitrogens with zero attached hydrogens (tertiary/aromatic N) is 4. The lowest BCUT2D eigenvalue weighted by molar-refractivity contribution is 0.101. The Kier molecular flexibility index (Phi) is 19.1. The number of halogens is 5. The molecule has 0 saturated carbocycles. The summed E-state index contributed by atoms with van der Waals surface area (Å²) in [4.78, 5) is 59.0. The second-order valence-corrected chi connectivity index (χ2v) is 13.1. The van der Waals surface area contributed by atoms with Crippen molar-refractivity contribution in [3.8, 4) is 6.07 Å². The zero-order valence-electron chi connectivity index (χ0n) is 31.0. The maximum Gasteiger partial charge on any atom is 0.258 e. The normalized spacial score (nSPS) is 9.47. The molecule has 0 radical (unpaired) electrons. The van der Waals surface area contributed by atoms with E-state index in [0.717, 1.165) is 11.1 Å². The average molecular weight is 878 g/mol. The monoisotopic (exact) mass is 875 g/mol. The van der Waals surface area contributed by atoms with Crippen molar-refractivity contribution in [2.45, 2.75) is 13.8 Å². The van der Waals surface area contributed by atoms with Crippen LogP contribution in [0.4, 0.5) is 33.4 Å². The van der Waals surface area contributed by atoms with Gasteiger partial charge in [0.2, 0.25) is 0 Å². The number of nitrogens with one attached hydrogen (secondary N) is 3. The van der Waals surface area contributed by atoms with Crippen LogP contribution in [0.25, 0.3) is 4.85 Å². The van der Waals surface area contributed by atoms with Gasteiger partial charge in [0.15, 0.2) is 5.69 Å². The standard InChI is InChI=1S/C21H15ClN4O2.C13H12ClN3O.C8H4ClNO.ClH.FH.H2/c1-13-2-8-18(25-20(27)15-5-3-14(11-23)4-6-15)17(10-13)21(28)26-19-9-7-16(22)12-24-19;1-8-2-4-11(15)10(6-8)13(18)17-12-5-3-9(14)7-16-12;1-10-7-4-2-6(3-5-7)8(9)11;;;/h2-10,12H,1H3,(H,25,27)(H,24,26,28);2-7H,15H2,1H3,(H,16,17,18);2-5H;3*1H/i;;;;;1+1. The third-order valence-electron chi connectivity index (χ3n) is 7.56. The fraction of sp³-hybridized carbons (Fsp3) is 0.0476. The van der Waals surface area contributed by atoms with Gasteiger partial charge < -0.3 is 21.7 Å². The first kappa shape index (κ1) is 48.3. The van der Waals surface area contributed by atoms with E-state index in [1.165, 1.54) is 24.5 Å². The number of nitrogens with two attached hydrogens (primary N) is 1. The molecule has 59 heavy (non-hydrogen) atoms. The minimum absolute atomic E-state index is 0. The molecule has 0 atom stereocenters. The first-order chi connectivity index (χ1) is 27.3. The smallest absolute Gasteiger partial charge is 0.258 e. The van der Waals surface area contributed by atoms with Crippen LogP contribution in [0.5, 0.6) is 0 Å². The molecule has 17 heteroatoms. The third kappa shape index (κ3) is 14.9. The highest BCUT2D eigenvalue weighted by Gasteiger charge is 2.16. The fourth-order valence-electron chi connectivity index (χ4n) is 4.65. The molecule has 0 unspecified atom stereocenters. The van der Waals surface area contributed by atoms with Crippen molar-refractivity contribution in [2.75, 3.05) is 21.7 Å². The van der Waals surface area contributed by atoms with Crippen LogP contribution >= 0.6 is 47.2 Å². The summed E-state index contributed by atoms with van der Waals surface area (Å²) in [5.74, 6) is -0.294. The van der Waals surface area contributed by atoms with E-state index in [-0.39, 0.29) is 30.4 Å². The number of anilines is 4. The molecule has 0 fully saturated rings. The zero-order valence-corrected chi connectivity index (χ0v) is 34.1. The summed E-state index contributed by atoms with van der Waals surface area (Å²) in [5.41, 5.74) is 10.9. The highest BCUT2D eigenvalue weighted by Crippen LogP contribution is 2.21. The van der Waals surface area contributed by atoms with Crippen molar-refractivity contribution in [3.05, 3.63) is 182 Å². The molecular formula is C42H35Cl4FN8O4. The van der Waals surface area contributed by atoms with E-state index in [4.69, 9.17) is 52.4 Å². The summed E-state index contributed by atoms with van der Waals surface area (Å²) >= 11 is 16.7. The van der Waals surface area contributed by atoms with Crippen LogP contribution < -0.4 is 21.7 Å². The summed E-state index contributed by atoms with van der Waals surface area (Å²) in [5, 5.41) is 17.4. The van der Waals surface area contributed by atoms with E-state index in [2.05, 4.69) is 30.8 Å². The second-order valence-electron chi connectivity index (χ2n) is 11.8. The SMILES string of the molecule is Cc1ccc(N)c(C(=O)Nc2ccc(Cl)cn2)c1.Cc1ccc(NC(=O)c2ccc(C#N)cc2)c(C(=O)Nc2ccc(Cl)cn2)c1.Cl.F.[2HH].[C-]#[N+]c1ccc(C(=O)Cl)cc1. The fourth-order valence-corrected chi connectivity index (χ4v) is 5.00. The molecule has 0 aliphatic carbocycles. The molecule has 0 aliphatic rings. The third-order valence-corrected chi connectivity index (χ3v) is 8.22. The topological polar surface area (TPSA) is 184 Å². The van der Waals surface area contributed by atoms with Crippen molar-refractivity contribution in [2.24, 2.45) is 0 Å². The molecule has 6 aromatic rings. The number of carbonyl (C=O) groups excluding carboxylic acids is 4. The van der Waals surface area contributed by atoms with Crippen molar-refractivity contribution in [1.29, 1.82) is 5.26 Å². The van der Waals surface area contributed by atoms with Gasteiger partial charge in [-0.05, 0) is 98.2 Å². The summed E-state index contributed by atoms with van der Waals surface area (Å²) in [6.45, 7) is 10.4. The van der Waals surface area contributed by atoms with Crippen LogP contribution in [-0.4, -0.2) is 32.9 Å². The first-order valence-corrected chi connectivity index (χ1v) is 17.7. The number of nitriles is 1. The molecular weight excluding hydrogens is 841 g/mol. The Morgan fingerprint density at radius 2 is 1.19 bits per heavy atom. The first-order valence-electron chi connectivity index (χ1n) is 16.6. The molecule has 0 saturated heterocycles. The van der Waals surface area contributed by atoms with E-state index >= 15 is 0 Å². The Labute approximate surface area is 361 Å². The van der Waals surface area contributed by atoms with Crippen molar-refractivity contribution < 1.29 is 25.3 Å². The number of hydrogen-bond acceptors (Lipinski definition) is 8. The van der Waals surface area contributed by atoms with Crippen LogP contribution in [0.1, 0.15) is 59.5 Å². The molecule has 3 amide bonds. The Morgan fingerprint density at radius 1 is 0.695 bits per heavy atom. The van der Waals surface area contributed by atoms with Gasteiger partial charge >= 0.3 is 0 Å². The van der Waals surface area contributed by atoms with Gasteiger partial charge in [0.1, 0.15) is 11.6 Å². The highest BCUT2D eigenvalue weighted by atomic mass is 35.5. The van der Waals surface area contributed by atoms with E-state index in [1.54, 1.807) is 91.0 Å². The van der Waals surface area contributed by atoms with Gasteiger partial charge in [0.05, 0.1) is 45.1 Å². The van der Waals surface area contributed by atoms with Crippen molar-refractivity contribution in [1.82, 2.24) is 9.97 Å². The van der Waals surface area contributed by atoms with Gasteiger partial charge in [-0.3, -0.25) is 23.9 Å². The number of hydrogen-bond donors (Lipinski definition) is 4. The molecule has 0 bridgehead atoms. The molecule has 2 heterocycles. The van der Waals surface area contributed by atoms with E-state index < -0.39 is 11.1 Å². The quantitative estimate of drug-likeness (QED) is 0.0693. The highest BCUT2D eigenvalue weighted by molar-refractivity contribution is 6.67. The number of rotatable bonds is 7. The van der Waals surface area contributed by atoms with Gasteiger partial charge in [-0.15, -0.1) is 12.4 Å². The molecule has 0 aliphatic heterocycles. The van der Waals surface area contributed by atoms with Crippen LogP contribution in [0.3, 0.4) is 0 Å². The number of nitrogen functional groups attached to an aromatic ring is 1. The Morgan fingerprint density at radius 3 is 1.66 bits per heavy atom. The van der Waals surface area contributed by atoms with Crippen LogP contribution in [0, 0.1) is 31.8 Å². The summed E-state index contributed by atoms with van der Waals surface area (Å²) in [6, 6.07) is 31.3. The molecule has 302 valence electrons. The van der Waals surface area contributed by atoms with Crippen molar-refractivity contribution >= 4 is 98.9 Å². The Bertz CT molecular complexity index is 2500. The molecule has 2 aromatic heterocycles. The number of aromatic nitrogens is 2. The number of aryl methyl sites for hydroxylation is 2. The lowest BCUT2D eigenvalue weighted by Crippen LogP contribution is -2.19. The lowest BCUT2D eigenvalue weighted by atomic mass is 10.1. The number of benzene rings is 4. The molecule has 5 N–H and O–H groups in total. The summed E-state index contributed by atoms with van der Waals surface area (Å²) in [6.07, 6.45) is 2.90. The maximum atomic E-state index is 12.7. The minimum atomic E-state index is -0.499. The number of pyridine rings is 2. The van der Waals surface area contributed by atoms with Crippen LogP contribution in [0.15, 0.2) is 122 Å². The summed E-state index contributed by atoms with van der Waals surface area (Å²) in [7, 11) is 0. The predicted octanol–water partition coefficient (Wildman–Crippen LogP) is 10.7. The predicted molar refractivity (Wildman–Crippen MR) is 235 cm³/mol. The maximum absolute atomic E-state index is 12.7. The minimum Gasteiger partial charge on any atom is -0.398 e. The van der Waals surface area contributed by atoms with Crippen LogP contribution in [0.2, 0.25) is 10.0 Å². The lowest BCUT2D eigenvalue weighted by Gasteiger charge is -2.12. The molecule has 12 nitrogen and oxygen atoms in total. The van der Waals surface area contributed by atoms with Gasteiger partial charge in [0, 0.05) is 30.6 Å². The molecule has 0 spiro atoms. The number of carbonyl (C=O) groups is 4. The average Bonchev–Trinajstić information content (AvgIpc) is 3.21. The van der Waals surface area contributed by atoms with Gasteiger partial charge in [-0.1, -0.05) is 70.7 Å². The zero-order chi connectivity index (χ0) is 41.5. The van der Waals surface area contributed by atoms with Gasteiger partial charge in [0.25, 0.3) is 23.0 Å². The van der Waals surface area contributed by atoms with Gasteiger partial charge in [-0.25, -0.2) is 14.8 Å². The Balaban J connectivity index is 0.000000484. The largest absolute Gasteiger partial charge is 0.398 e. The molecule has 6 rings (SSSR count). The number of amides is 3. The van der Waals surface area contributed by atoms with E-state index in [9.17, 15) is 19.2 Å².